The first kappa shape index (κ1) is 30.2. The first-order chi connectivity index (χ1) is 17.6. The van der Waals surface area contributed by atoms with E-state index in [1.54, 1.807) is 18.2 Å². The summed E-state index contributed by atoms with van der Waals surface area (Å²) in [5.41, 5.74) is 0.131. The second-order valence-electron chi connectivity index (χ2n) is 8.23. The van der Waals surface area contributed by atoms with Crippen molar-refractivity contribution in [3.63, 3.8) is 0 Å². The standard InChI is InChI=1S/C25H24O11S.Ac/c1-12(26)31-11-19-22(32-13(2)27)21(29)23(33-14(3)28)25(36-19)34-16-7-6-15-9-17(20-5-4-8-37-20)24(30)35-18(15)10-16;/h4-10,19,21-23,25,29H,11H2,1-3H3;. The van der Waals surface area contributed by atoms with Gasteiger partial charge in [-0.3, -0.25) is 14.4 Å². The van der Waals surface area contributed by atoms with Crippen molar-refractivity contribution in [3.05, 3.63) is 52.2 Å². The van der Waals surface area contributed by atoms with Crippen molar-refractivity contribution in [2.24, 2.45) is 0 Å². The molecule has 1 aliphatic heterocycles. The van der Waals surface area contributed by atoms with E-state index < -0.39 is 54.2 Å². The fourth-order valence-corrected chi connectivity index (χ4v) is 4.61. The van der Waals surface area contributed by atoms with Crippen molar-refractivity contribution in [1.82, 2.24) is 0 Å². The maximum atomic E-state index is 12.5. The van der Waals surface area contributed by atoms with Gasteiger partial charge in [0, 0.05) is 81.2 Å². The molecule has 2 aromatic heterocycles. The van der Waals surface area contributed by atoms with Crippen LogP contribution < -0.4 is 10.4 Å². The number of carbonyl (C=O) groups is 3. The number of esters is 3. The van der Waals surface area contributed by atoms with E-state index in [1.165, 1.54) is 24.3 Å². The first-order valence-electron chi connectivity index (χ1n) is 11.2. The van der Waals surface area contributed by atoms with Crippen molar-refractivity contribution in [2.75, 3.05) is 6.61 Å². The van der Waals surface area contributed by atoms with Crippen LogP contribution in [-0.2, 0) is 33.3 Å². The zero-order valence-electron chi connectivity index (χ0n) is 20.7. The molecule has 1 saturated heterocycles. The van der Waals surface area contributed by atoms with Gasteiger partial charge in [-0.05, 0) is 29.6 Å². The van der Waals surface area contributed by atoms with Crippen LogP contribution in [0.2, 0.25) is 0 Å². The number of hydrogen-bond donors (Lipinski definition) is 1. The number of aliphatic hydroxyl groups excluding tert-OH is 1. The number of rotatable bonds is 7. The third kappa shape index (κ3) is 7.21. The number of carbonyl (C=O) groups excluding carboxylic acids is 3. The molecule has 1 N–H and O–H groups in total. The van der Waals surface area contributed by atoms with Gasteiger partial charge in [0.1, 0.15) is 30.1 Å². The molecule has 199 valence electrons. The van der Waals surface area contributed by atoms with Gasteiger partial charge in [-0.15, -0.1) is 11.3 Å². The summed E-state index contributed by atoms with van der Waals surface area (Å²) < 4.78 is 32.6. The van der Waals surface area contributed by atoms with E-state index in [1.807, 2.05) is 17.5 Å². The van der Waals surface area contributed by atoms with E-state index in [0.717, 1.165) is 18.7 Å². The van der Waals surface area contributed by atoms with Gasteiger partial charge in [-0.25, -0.2) is 4.79 Å². The Kier molecular flexibility index (Phi) is 10.5. The molecule has 13 heteroatoms. The second kappa shape index (κ2) is 13.2. The van der Waals surface area contributed by atoms with E-state index in [0.29, 0.717) is 10.9 Å². The molecule has 4 rings (SSSR count). The molecule has 1 radical (unpaired) electrons. The molecule has 11 nitrogen and oxygen atoms in total. The van der Waals surface area contributed by atoms with Crippen LogP contribution in [-0.4, -0.2) is 60.3 Å². The Labute approximate surface area is 256 Å². The van der Waals surface area contributed by atoms with Crippen LogP contribution in [0.25, 0.3) is 21.4 Å². The molecule has 1 fully saturated rings. The van der Waals surface area contributed by atoms with Gasteiger partial charge in [0.05, 0.1) is 5.56 Å². The molecule has 38 heavy (non-hydrogen) atoms. The molecule has 3 heterocycles. The molecule has 0 amide bonds. The number of thiophene rings is 1. The van der Waals surface area contributed by atoms with Crippen LogP contribution in [0.3, 0.4) is 0 Å². The van der Waals surface area contributed by atoms with Gasteiger partial charge in [-0.1, -0.05) is 6.07 Å². The van der Waals surface area contributed by atoms with Crippen LogP contribution in [0.4, 0.5) is 0 Å². The topological polar surface area (TPSA) is 148 Å². The summed E-state index contributed by atoms with van der Waals surface area (Å²) in [6.45, 7) is 3.08. The summed E-state index contributed by atoms with van der Waals surface area (Å²) in [4.78, 5) is 48.0. The van der Waals surface area contributed by atoms with Crippen LogP contribution in [0, 0.1) is 44.1 Å². The maximum absolute atomic E-state index is 12.5. The molecular formula is C25H24AcO11S. The average molecular weight is 760 g/mol. The Morgan fingerprint density at radius 3 is 2.34 bits per heavy atom. The van der Waals surface area contributed by atoms with Gasteiger partial charge in [0.15, 0.2) is 12.2 Å². The number of fused-ring (bicyclic) bond motifs is 1. The van der Waals surface area contributed by atoms with Gasteiger partial charge >= 0.3 is 23.5 Å². The molecule has 0 spiro atoms. The monoisotopic (exact) mass is 759 g/mol. The van der Waals surface area contributed by atoms with Crippen LogP contribution in [0.1, 0.15) is 20.8 Å². The quantitative estimate of drug-likeness (QED) is 0.215. The minimum absolute atomic E-state index is 0. The van der Waals surface area contributed by atoms with E-state index >= 15 is 0 Å². The molecular weight excluding hydrogens is 735 g/mol. The minimum Gasteiger partial charge on any atom is -0.463 e. The minimum atomic E-state index is -1.57. The van der Waals surface area contributed by atoms with Crippen molar-refractivity contribution in [1.29, 1.82) is 0 Å². The summed E-state index contributed by atoms with van der Waals surface area (Å²) in [5, 5.41) is 13.4. The Morgan fingerprint density at radius 2 is 1.71 bits per heavy atom. The van der Waals surface area contributed by atoms with Crippen molar-refractivity contribution in [2.45, 2.75) is 51.5 Å². The van der Waals surface area contributed by atoms with Crippen LogP contribution in [0.15, 0.2) is 51.0 Å². The third-order valence-corrected chi connectivity index (χ3v) is 6.32. The smallest absolute Gasteiger partial charge is 0.345 e. The fraction of sp³-hybridized carbons (Fsp3) is 0.360. The molecule has 0 saturated carbocycles. The van der Waals surface area contributed by atoms with E-state index in [4.69, 9.17) is 28.1 Å². The Balaban J connectivity index is 0.00000400. The fourth-order valence-electron chi connectivity index (χ4n) is 3.88. The van der Waals surface area contributed by atoms with Crippen molar-refractivity contribution < 1.29 is 91.7 Å². The largest absolute Gasteiger partial charge is 0.463 e. The summed E-state index contributed by atoms with van der Waals surface area (Å²) >= 11 is 1.41. The number of hydrogen-bond acceptors (Lipinski definition) is 12. The zero-order valence-corrected chi connectivity index (χ0v) is 26.2. The Hall–Kier alpha value is -2.30. The van der Waals surface area contributed by atoms with Crippen molar-refractivity contribution in [3.8, 4) is 16.2 Å². The molecule has 5 atom stereocenters. The average Bonchev–Trinajstić information content (AvgIpc) is 3.36. The van der Waals surface area contributed by atoms with Gasteiger partial charge in [0.25, 0.3) is 0 Å². The van der Waals surface area contributed by atoms with Crippen LogP contribution >= 0.6 is 11.3 Å². The summed E-state index contributed by atoms with van der Waals surface area (Å²) in [6, 6.07) is 10.1. The van der Waals surface area contributed by atoms with E-state index in [9.17, 15) is 24.3 Å². The van der Waals surface area contributed by atoms with E-state index in [2.05, 4.69) is 0 Å². The maximum Gasteiger partial charge on any atom is 0.345 e. The molecule has 0 bridgehead atoms. The van der Waals surface area contributed by atoms with E-state index in [-0.39, 0.29) is 62.0 Å². The first-order valence-corrected chi connectivity index (χ1v) is 12.1. The molecule has 0 aliphatic carbocycles. The predicted octanol–water partition coefficient (Wildman–Crippen LogP) is 2.41. The molecule has 5 unspecified atom stereocenters. The normalized spacial score (nSPS) is 22.7. The number of benzene rings is 1. The molecule has 1 aliphatic rings. The van der Waals surface area contributed by atoms with Gasteiger partial charge < -0.3 is 33.2 Å². The Morgan fingerprint density at radius 1 is 1.00 bits per heavy atom. The van der Waals surface area contributed by atoms with Gasteiger partial charge in [-0.2, -0.15) is 0 Å². The zero-order chi connectivity index (χ0) is 26.7. The Bertz CT molecular complexity index is 1350. The number of aliphatic hydroxyl groups is 1. The molecule has 3 aromatic rings. The number of ether oxygens (including phenoxy) is 5. The molecule has 1 aromatic carbocycles. The second-order valence-corrected chi connectivity index (χ2v) is 9.17. The SMILES string of the molecule is CC(=O)OCC1OC(Oc2ccc3cc(-c4cccs4)c(=O)oc3c2)C(OC(C)=O)C(O)C1OC(C)=O.[Ac]. The third-order valence-electron chi connectivity index (χ3n) is 5.42. The predicted molar refractivity (Wildman–Crippen MR) is 129 cm³/mol. The summed E-state index contributed by atoms with van der Waals surface area (Å²) in [6.07, 6.45) is -6.81. The van der Waals surface area contributed by atoms with Crippen molar-refractivity contribution >= 4 is 40.2 Å². The summed E-state index contributed by atoms with van der Waals surface area (Å²) in [7, 11) is 0. The van der Waals surface area contributed by atoms with Gasteiger partial charge in [0.2, 0.25) is 6.29 Å². The summed E-state index contributed by atoms with van der Waals surface area (Å²) in [5.74, 6) is -1.92. The van der Waals surface area contributed by atoms with Crippen LogP contribution in [0.5, 0.6) is 5.75 Å².